The summed E-state index contributed by atoms with van der Waals surface area (Å²) in [5.41, 5.74) is 3.23. The molecule has 2 aromatic rings. The van der Waals surface area contributed by atoms with Crippen molar-refractivity contribution >= 4 is 11.9 Å². The predicted molar refractivity (Wildman–Crippen MR) is 137 cm³/mol. The number of aryl methyl sites for hydroxylation is 1. The number of esters is 1. The first-order valence-electron chi connectivity index (χ1n) is 13.0. The highest BCUT2D eigenvalue weighted by Gasteiger charge is 2.32. The van der Waals surface area contributed by atoms with Crippen LogP contribution in [0, 0.1) is 5.92 Å². The van der Waals surface area contributed by atoms with Gasteiger partial charge in [0.2, 0.25) is 5.91 Å². The Labute approximate surface area is 210 Å². The molecule has 0 radical (unpaired) electrons. The minimum Gasteiger partial charge on any atom is -0.493 e. The van der Waals surface area contributed by atoms with Gasteiger partial charge in [-0.1, -0.05) is 25.1 Å². The number of pyridine rings is 1. The van der Waals surface area contributed by atoms with Gasteiger partial charge in [-0.05, 0) is 82.2 Å². The van der Waals surface area contributed by atoms with E-state index in [9.17, 15) is 9.59 Å². The summed E-state index contributed by atoms with van der Waals surface area (Å²) in [6.45, 7) is 8.97. The van der Waals surface area contributed by atoms with Crippen LogP contribution < -0.4 is 4.74 Å². The third kappa shape index (κ3) is 7.81. The molecule has 35 heavy (non-hydrogen) atoms. The van der Waals surface area contributed by atoms with Gasteiger partial charge in [0.15, 0.2) is 0 Å². The molecule has 190 valence electrons. The van der Waals surface area contributed by atoms with Gasteiger partial charge < -0.3 is 14.4 Å². The Morgan fingerprint density at radius 2 is 1.71 bits per heavy atom. The molecule has 1 aromatic heterocycles. The van der Waals surface area contributed by atoms with Crippen LogP contribution in [-0.2, 0) is 33.6 Å². The predicted octanol–water partition coefficient (Wildman–Crippen LogP) is 5.17. The van der Waals surface area contributed by atoms with Gasteiger partial charge in [0.1, 0.15) is 5.75 Å². The Morgan fingerprint density at radius 3 is 2.31 bits per heavy atom. The van der Waals surface area contributed by atoms with Crippen molar-refractivity contribution < 1.29 is 19.1 Å². The molecule has 1 amide bonds. The van der Waals surface area contributed by atoms with Gasteiger partial charge in [0.25, 0.3) is 0 Å². The van der Waals surface area contributed by atoms with Crippen molar-refractivity contribution in [1.82, 2.24) is 9.88 Å². The zero-order chi connectivity index (χ0) is 25.2. The molecule has 3 atom stereocenters. The topological polar surface area (TPSA) is 68.7 Å². The van der Waals surface area contributed by atoms with Crippen LogP contribution in [0.5, 0.6) is 5.75 Å². The van der Waals surface area contributed by atoms with Crippen LogP contribution in [0.15, 0.2) is 42.6 Å². The highest BCUT2D eigenvalue weighted by atomic mass is 16.5. The standard InChI is InChI=1S/C29H40N2O4/c1-5-23-10-13-26(30-20-23)16-17-35-27-14-11-24(12-15-27)18-25(29(33)34-6-2)19-28(32)31-21(3)8-7-9-22(31)4/h10-15,20-22,25H,5-9,16-19H2,1-4H3/t21-,22+,25?. The average Bonchev–Trinajstić information content (AvgIpc) is 2.85. The molecule has 1 aliphatic heterocycles. The largest absolute Gasteiger partial charge is 0.493 e. The summed E-state index contributed by atoms with van der Waals surface area (Å²) in [5.74, 6) is 0.0229. The van der Waals surface area contributed by atoms with Gasteiger partial charge in [-0.25, -0.2) is 0 Å². The Balaban J connectivity index is 1.56. The summed E-state index contributed by atoms with van der Waals surface area (Å²) in [6.07, 6.45) is 7.46. The lowest BCUT2D eigenvalue weighted by Crippen LogP contribution is -2.48. The van der Waals surface area contributed by atoms with E-state index in [-0.39, 0.29) is 30.4 Å². The normalized spacial score (nSPS) is 18.7. The summed E-state index contributed by atoms with van der Waals surface area (Å²) in [6, 6.07) is 12.3. The number of nitrogens with zero attached hydrogens (tertiary/aromatic N) is 2. The number of amides is 1. The summed E-state index contributed by atoms with van der Waals surface area (Å²) in [7, 11) is 0. The van der Waals surface area contributed by atoms with Crippen molar-refractivity contribution in [2.45, 2.75) is 84.7 Å². The molecule has 0 aliphatic carbocycles. The van der Waals surface area contributed by atoms with Crippen LogP contribution in [0.4, 0.5) is 0 Å². The van der Waals surface area contributed by atoms with E-state index in [0.717, 1.165) is 49.1 Å². The summed E-state index contributed by atoms with van der Waals surface area (Å²) in [4.78, 5) is 32.3. The SMILES string of the molecule is CCOC(=O)C(CC(=O)N1[C@H](C)CCC[C@@H]1C)Cc1ccc(OCCc2ccc(CC)cn2)cc1. The maximum absolute atomic E-state index is 13.1. The number of benzene rings is 1. The first-order valence-corrected chi connectivity index (χ1v) is 13.0. The monoisotopic (exact) mass is 480 g/mol. The van der Waals surface area contributed by atoms with Crippen LogP contribution >= 0.6 is 0 Å². The molecule has 0 bridgehead atoms. The lowest BCUT2D eigenvalue weighted by atomic mass is 9.92. The lowest BCUT2D eigenvalue weighted by Gasteiger charge is -2.39. The number of likely N-dealkylation sites (tertiary alicyclic amines) is 1. The molecule has 0 saturated carbocycles. The molecular formula is C29H40N2O4. The fraction of sp³-hybridized carbons (Fsp3) is 0.552. The first kappa shape index (κ1) is 26.7. The number of hydrogen-bond donors (Lipinski definition) is 0. The Bertz CT molecular complexity index is 932. The molecule has 1 unspecified atom stereocenters. The molecule has 1 fully saturated rings. The molecule has 1 saturated heterocycles. The van der Waals surface area contributed by atoms with E-state index < -0.39 is 5.92 Å². The third-order valence-corrected chi connectivity index (χ3v) is 6.85. The molecule has 1 aliphatic rings. The van der Waals surface area contributed by atoms with Crippen LogP contribution in [0.2, 0.25) is 0 Å². The van der Waals surface area contributed by atoms with Gasteiger partial charge in [0, 0.05) is 36.8 Å². The van der Waals surface area contributed by atoms with E-state index >= 15 is 0 Å². The van der Waals surface area contributed by atoms with Crippen molar-refractivity contribution in [1.29, 1.82) is 0 Å². The maximum atomic E-state index is 13.1. The Morgan fingerprint density at radius 1 is 1.03 bits per heavy atom. The average molecular weight is 481 g/mol. The van der Waals surface area contributed by atoms with E-state index in [0.29, 0.717) is 19.6 Å². The molecule has 6 heteroatoms. The van der Waals surface area contributed by atoms with Gasteiger partial charge in [-0.2, -0.15) is 0 Å². The van der Waals surface area contributed by atoms with E-state index in [1.807, 2.05) is 41.4 Å². The number of carbonyl (C=O) groups is 2. The minimum absolute atomic E-state index is 0.0447. The van der Waals surface area contributed by atoms with E-state index in [4.69, 9.17) is 9.47 Å². The van der Waals surface area contributed by atoms with Gasteiger partial charge in [0.05, 0.1) is 19.1 Å². The van der Waals surface area contributed by atoms with Gasteiger partial charge in [-0.15, -0.1) is 0 Å². The Hall–Kier alpha value is -2.89. The minimum atomic E-state index is -0.493. The summed E-state index contributed by atoms with van der Waals surface area (Å²) < 4.78 is 11.2. The number of aromatic nitrogens is 1. The quantitative estimate of drug-likeness (QED) is 0.415. The lowest BCUT2D eigenvalue weighted by molar-refractivity contribution is -0.152. The van der Waals surface area contributed by atoms with Crippen LogP contribution in [0.25, 0.3) is 0 Å². The molecule has 3 rings (SSSR count). The zero-order valence-electron chi connectivity index (χ0n) is 21.7. The number of ether oxygens (including phenoxy) is 2. The number of carbonyl (C=O) groups excluding carboxylic acids is 2. The smallest absolute Gasteiger partial charge is 0.309 e. The second kappa shape index (κ2) is 13.3. The van der Waals surface area contributed by atoms with Crippen LogP contribution in [-0.4, -0.2) is 47.1 Å². The molecular weight excluding hydrogens is 440 g/mol. The fourth-order valence-electron chi connectivity index (χ4n) is 4.82. The van der Waals surface area contributed by atoms with Crippen LogP contribution in [0.3, 0.4) is 0 Å². The molecule has 1 aromatic carbocycles. The van der Waals surface area contributed by atoms with E-state index in [1.54, 1.807) is 6.92 Å². The van der Waals surface area contributed by atoms with Crippen molar-refractivity contribution in [3.63, 3.8) is 0 Å². The summed E-state index contributed by atoms with van der Waals surface area (Å²) >= 11 is 0. The van der Waals surface area contributed by atoms with Crippen molar-refractivity contribution in [3.8, 4) is 5.75 Å². The van der Waals surface area contributed by atoms with E-state index in [2.05, 4.69) is 31.8 Å². The molecule has 6 nitrogen and oxygen atoms in total. The Kier molecular flexibility index (Phi) is 10.1. The second-order valence-electron chi connectivity index (χ2n) is 9.54. The zero-order valence-corrected chi connectivity index (χ0v) is 21.7. The second-order valence-corrected chi connectivity index (χ2v) is 9.54. The maximum Gasteiger partial charge on any atom is 0.309 e. The number of hydrogen-bond acceptors (Lipinski definition) is 5. The van der Waals surface area contributed by atoms with Crippen molar-refractivity contribution in [2.75, 3.05) is 13.2 Å². The summed E-state index contributed by atoms with van der Waals surface area (Å²) in [5, 5.41) is 0. The van der Waals surface area contributed by atoms with Crippen molar-refractivity contribution in [3.05, 3.63) is 59.4 Å². The van der Waals surface area contributed by atoms with Crippen molar-refractivity contribution in [2.24, 2.45) is 5.92 Å². The number of piperidine rings is 1. The third-order valence-electron chi connectivity index (χ3n) is 6.85. The van der Waals surface area contributed by atoms with Gasteiger partial charge in [-0.3, -0.25) is 14.6 Å². The van der Waals surface area contributed by atoms with Gasteiger partial charge >= 0.3 is 5.97 Å². The number of rotatable bonds is 11. The van der Waals surface area contributed by atoms with E-state index in [1.165, 1.54) is 5.56 Å². The molecule has 0 N–H and O–H groups in total. The first-order chi connectivity index (χ1) is 16.9. The molecule has 2 heterocycles. The highest BCUT2D eigenvalue weighted by molar-refractivity contribution is 5.83. The highest BCUT2D eigenvalue weighted by Crippen LogP contribution is 2.26. The fourth-order valence-corrected chi connectivity index (χ4v) is 4.82. The van der Waals surface area contributed by atoms with Crippen LogP contribution in [0.1, 0.15) is 70.2 Å². The molecule has 0 spiro atoms.